The number of ether oxygens (including phenoxy) is 1. The van der Waals surface area contributed by atoms with Gasteiger partial charge in [-0.2, -0.15) is 0 Å². The minimum atomic E-state index is -0.237. The number of guanidine groups is 1. The van der Waals surface area contributed by atoms with Crippen molar-refractivity contribution in [2.75, 3.05) is 40.0 Å². The van der Waals surface area contributed by atoms with Gasteiger partial charge in [0.15, 0.2) is 5.96 Å². The fraction of sp³-hybridized carbons (Fsp3) is 0.632. The second-order valence-corrected chi connectivity index (χ2v) is 7.45. The number of halogens is 1. The van der Waals surface area contributed by atoms with Gasteiger partial charge in [-0.15, -0.1) is 0 Å². The van der Waals surface area contributed by atoms with Gasteiger partial charge in [-0.05, 0) is 30.5 Å². The molecule has 1 heterocycles. The molecule has 1 aliphatic heterocycles. The molecule has 1 saturated heterocycles. The molecule has 1 atom stereocenters. The molecule has 2 rings (SSSR count). The van der Waals surface area contributed by atoms with Crippen molar-refractivity contribution in [2.45, 2.75) is 32.1 Å². The molecule has 1 aliphatic rings. The van der Waals surface area contributed by atoms with E-state index in [-0.39, 0.29) is 23.3 Å². The van der Waals surface area contributed by atoms with Gasteiger partial charge in [0.1, 0.15) is 5.82 Å². The number of aliphatic hydroxyl groups is 1. The maximum Gasteiger partial charge on any atom is 0.191 e. The number of hydrogen-bond acceptors (Lipinski definition) is 3. The molecule has 25 heavy (non-hydrogen) atoms. The second kappa shape index (κ2) is 8.63. The van der Waals surface area contributed by atoms with Crippen molar-refractivity contribution in [1.29, 1.82) is 0 Å². The van der Waals surface area contributed by atoms with E-state index in [1.165, 1.54) is 6.07 Å². The van der Waals surface area contributed by atoms with E-state index >= 15 is 0 Å². The van der Waals surface area contributed by atoms with Crippen LogP contribution in [0.4, 0.5) is 4.39 Å². The van der Waals surface area contributed by atoms with E-state index in [1.807, 2.05) is 6.07 Å². The topological polar surface area (TPSA) is 65.9 Å². The SMILES string of the molecule is CN=C(NCC1(CCO)CCOC1)NCC(C)(C)c1cccc(F)c1. The molecule has 0 aromatic heterocycles. The van der Waals surface area contributed by atoms with E-state index in [4.69, 9.17) is 4.74 Å². The smallest absolute Gasteiger partial charge is 0.191 e. The van der Waals surface area contributed by atoms with Gasteiger partial charge in [0.2, 0.25) is 0 Å². The predicted octanol–water partition coefficient (Wildman–Crippen LogP) is 2.06. The number of nitrogens with one attached hydrogen (secondary N) is 2. The first-order valence-corrected chi connectivity index (χ1v) is 8.80. The first-order chi connectivity index (χ1) is 11.9. The summed E-state index contributed by atoms with van der Waals surface area (Å²) in [6.07, 6.45) is 1.65. The molecule has 5 nitrogen and oxygen atoms in total. The molecule has 1 fully saturated rings. The number of nitrogens with zero attached hydrogens (tertiary/aromatic N) is 1. The zero-order valence-electron chi connectivity index (χ0n) is 15.4. The Morgan fingerprint density at radius 2 is 2.20 bits per heavy atom. The second-order valence-electron chi connectivity index (χ2n) is 7.45. The summed E-state index contributed by atoms with van der Waals surface area (Å²) in [7, 11) is 1.73. The van der Waals surface area contributed by atoms with Crippen LogP contribution in [0.1, 0.15) is 32.3 Å². The lowest BCUT2D eigenvalue weighted by Gasteiger charge is -2.30. The quantitative estimate of drug-likeness (QED) is 0.520. The van der Waals surface area contributed by atoms with E-state index in [1.54, 1.807) is 19.2 Å². The molecule has 1 aromatic carbocycles. The van der Waals surface area contributed by atoms with Crippen LogP contribution in [-0.4, -0.2) is 51.0 Å². The third kappa shape index (κ3) is 5.41. The molecule has 0 saturated carbocycles. The Kier molecular flexibility index (Phi) is 6.79. The van der Waals surface area contributed by atoms with Crippen LogP contribution in [0.5, 0.6) is 0 Å². The highest BCUT2D eigenvalue weighted by molar-refractivity contribution is 5.79. The van der Waals surface area contributed by atoms with Gasteiger partial charge in [0, 0.05) is 44.2 Å². The Morgan fingerprint density at radius 3 is 2.80 bits per heavy atom. The van der Waals surface area contributed by atoms with Crippen LogP contribution in [0.25, 0.3) is 0 Å². The molecule has 0 spiro atoms. The summed E-state index contributed by atoms with van der Waals surface area (Å²) in [4.78, 5) is 4.27. The Balaban J connectivity index is 1.91. The molecule has 1 aromatic rings. The van der Waals surface area contributed by atoms with Gasteiger partial charge < -0.3 is 20.5 Å². The van der Waals surface area contributed by atoms with Gasteiger partial charge in [0.25, 0.3) is 0 Å². The lowest BCUT2D eigenvalue weighted by Crippen LogP contribution is -2.47. The number of benzene rings is 1. The summed E-state index contributed by atoms with van der Waals surface area (Å²) in [5.74, 6) is 0.481. The van der Waals surface area contributed by atoms with E-state index in [0.717, 1.165) is 18.6 Å². The van der Waals surface area contributed by atoms with E-state index in [0.29, 0.717) is 32.1 Å². The Bertz CT molecular complexity index is 584. The third-order valence-corrected chi connectivity index (χ3v) is 4.99. The Morgan fingerprint density at radius 1 is 1.40 bits per heavy atom. The van der Waals surface area contributed by atoms with Crippen LogP contribution >= 0.6 is 0 Å². The summed E-state index contributed by atoms with van der Waals surface area (Å²) in [5.41, 5.74) is 0.667. The lowest BCUT2D eigenvalue weighted by molar-refractivity contribution is 0.127. The minimum Gasteiger partial charge on any atom is -0.396 e. The van der Waals surface area contributed by atoms with Crippen molar-refractivity contribution in [3.63, 3.8) is 0 Å². The monoisotopic (exact) mass is 351 g/mol. The van der Waals surface area contributed by atoms with E-state index in [2.05, 4.69) is 29.5 Å². The molecule has 0 radical (unpaired) electrons. The average Bonchev–Trinajstić information content (AvgIpc) is 3.04. The van der Waals surface area contributed by atoms with Gasteiger partial charge in [0.05, 0.1) is 6.61 Å². The van der Waals surface area contributed by atoms with Crippen molar-refractivity contribution in [2.24, 2.45) is 10.4 Å². The highest BCUT2D eigenvalue weighted by Crippen LogP contribution is 2.31. The fourth-order valence-electron chi connectivity index (χ4n) is 3.12. The van der Waals surface area contributed by atoms with Crippen molar-refractivity contribution >= 4 is 5.96 Å². The van der Waals surface area contributed by atoms with Crippen LogP contribution in [0.15, 0.2) is 29.3 Å². The van der Waals surface area contributed by atoms with Crippen molar-refractivity contribution in [1.82, 2.24) is 10.6 Å². The van der Waals surface area contributed by atoms with Gasteiger partial charge in [-0.1, -0.05) is 26.0 Å². The lowest BCUT2D eigenvalue weighted by atomic mass is 9.84. The van der Waals surface area contributed by atoms with Crippen molar-refractivity contribution < 1.29 is 14.2 Å². The van der Waals surface area contributed by atoms with E-state index < -0.39 is 0 Å². The predicted molar refractivity (Wildman–Crippen MR) is 98.4 cm³/mol. The number of rotatable bonds is 7. The number of hydrogen-bond donors (Lipinski definition) is 3. The largest absolute Gasteiger partial charge is 0.396 e. The Labute approximate surface area is 149 Å². The maximum absolute atomic E-state index is 13.5. The van der Waals surface area contributed by atoms with Crippen LogP contribution in [-0.2, 0) is 10.2 Å². The fourth-order valence-corrected chi connectivity index (χ4v) is 3.12. The van der Waals surface area contributed by atoms with Crippen molar-refractivity contribution in [3.05, 3.63) is 35.6 Å². The highest BCUT2D eigenvalue weighted by atomic mass is 19.1. The highest BCUT2D eigenvalue weighted by Gasteiger charge is 2.34. The first kappa shape index (κ1) is 19.7. The average molecular weight is 351 g/mol. The normalized spacial score (nSPS) is 21.4. The molecule has 3 N–H and O–H groups in total. The summed E-state index contributed by atoms with van der Waals surface area (Å²) in [6.45, 7) is 7.02. The van der Waals surface area contributed by atoms with Gasteiger partial charge in [-0.25, -0.2) is 4.39 Å². The van der Waals surface area contributed by atoms with E-state index in [9.17, 15) is 9.50 Å². The molecule has 0 amide bonds. The molecular formula is C19H30FN3O2. The molecular weight excluding hydrogens is 321 g/mol. The Hall–Kier alpha value is -1.66. The van der Waals surface area contributed by atoms with Crippen molar-refractivity contribution in [3.8, 4) is 0 Å². The zero-order chi connectivity index (χ0) is 18.3. The van der Waals surface area contributed by atoms with Crippen LogP contribution < -0.4 is 10.6 Å². The van der Waals surface area contributed by atoms with Crippen LogP contribution in [0, 0.1) is 11.2 Å². The maximum atomic E-state index is 13.5. The molecule has 1 unspecified atom stereocenters. The summed E-state index contributed by atoms with van der Waals surface area (Å²) >= 11 is 0. The minimum absolute atomic E-state index is 0.0373. The third-order valence-electron chi connectivity index (χ3n) is 4.99. The molecule has 140 valence electrons. The zero-order valence-corrected chi connectivity index (χ0v) is 15.4. The summed E-state index contributed by atoms with van der Waals surface area (Å²) in [6, 6.07) is 6.70. The number of aliphatic imine (C=N–C) groups is 1. The molecule has 0 aliphatic carbocycles. The number of aliphatic hydroxyl groups excluding tert-OH is 1. The summed E-state index contributed by atoms with van der Waals surface area (Å²) in [5, 5.41) is 16.0. The van der Waals surface area contributed by atoms with Gasteiger partial charge in [-0.3, -0.25) is 4.99 Å². The first-order valence-electron chi connectivity index (χ1n) is 8.80. The standard InChI is InChI=1S/C19H30FN3O2/c1-18(2,15-5-4-6-16(20)11-15)12-22-17(21-3)23-13-19(7-9-24)8-10-25-14-19/h4-6,11,24H,7-10,12-14H2,1-3H3,(H2,21,22,23). The molecule has 0 bridgehead atoms. The van der Waals surface area contributed by atoms with Gasteiger partial charge >= 0.3 is 0 Å². The van der Waals surface area contributed by atoms with Crippen LogP contribution in [0.3, 0.4) is 0 Å². The molecule has 6 heteroatoms. The summed E-state index contributed by atoms with van der Waals surface area (Å²) < 4.78 is 19.0. The van der Waals surface area contributed by atoms with Crippen LogP contribution in [0.2, 0.25) is 0 Å².